The number of nitrogens with zero attached hydrogens (tertiary/aromatic N) is 2. The van der Waals surface area contributed by atoms with Gasteiger partial charge < -0.3 is 18.6 Å². The SMILES string of the molecule is CCOc1cnc(C(=O)N/N=C\c2cc3c(cc2Br)OCO3)o1. The van der Waals surface area contributed by atoms with Crippen molar-refractivity contribution in [2.45, 2.75) is 6.92 Å². The van der Waals surface area contributed by atoms with Crippen molar-refractivity contribution in [1.29, 1.82) is 0 Å². The fourth-order valence-electron chi connectivity index (χ4n) is 1.81. The van der Waals surface area contributed by atoms with Crippen LogP contribution in [0, 0.1) is 0 Å². The second-order valence-corrected chi connectivity index (χ2v) is 5.20. The van der Waals surface area contributed by atoms with Gasteiger partial charge in [-0.2, -0.15) is 5.10 Å². The zero-order chi connectivity index (χ0) is 16.2. The normalized spacial score (nSPS) is 12.6. The van der Waals surface area contributed by atoms with Crippen LogP contribution < -0.4 is 19.6 Å². The highest BCUT2D eigenvalue weighted by molar-refractivity contribution is 9.10. The van der Waals surface area contributed by atoms with Gasteiger partial charge in [0.25, 0.3) is 5.89 Å². The smallest absolute Gasteiger partial charge is 0.327 e. The Kier molecular flexibility index (Phi) is 4.47. The van der Waals surface area contributed by atoms with E-state index in [0.29, 0.717) is 18.1 Å². The largest absolute Gasteiger partial charge is 0.464 e. The molecule has 0 atom stereocenters. The number of benzene rings is 1. The van der Waals surface area contributed by atoms with E-state index >= 15 is 0 Å². The van der Waals surface area contributed by atoms with Crippen LogP contribution in [0.4, 0.5) is 0 Å². The topological polar surface area (TPSA) is 95.2 Å². The summed E-state index contributed by atoms with van der Waals surface area (Å²) in [6.45, 7) is 2.41. The van der Waals surface area contributed by atoms with Crippen molar-refractivity contribution >= 4 is 28.1 Å². The number of carbonyl (C=O) groups excluding carboxylic acids is 1. The van der Waals surface area contributed by atoms with Crippen molar-refractivity contribution in [3.05, 3.63) is 34.3 Å². The molecule has 1 aromatic carbocycles. The van der Waals surface area contributed by atoms with E-state index in [4.69, 9.17) is 18.6 Å². The first-order valence-corrected chi connectivity index (χ1v) is 7.48. The monoisotopic (exact) mass is 381 g/mol. The molecule has 0 saturated carbocycles. The van der Waals surface area contributed by atoms with Crippen molar-refractivity contribution in [2.75, 3.05) is 13.4 Å². The molecule has 3 rings (SSSR count). The first-order valence-electron chi connectivity index (χ1n) is 6.68. The molecule has 9 heteroatoms. The zero-order valence-corrected chi connectivity index (χ0v) is 13.6. The molecule has 0 bridgehead atoms. The van der Waals surface area contributed by atoms with E-state index in [0.717, 1.165) is 10.0 Å². The van der Waals surface area contributed by atoms with E-state index in [1.54, 1.807) is 19.1 Å². The van der Waals surface area contributed by atoms with Gasteiger partial charge in [-0.3, -0.25) is 4.79 Å². The highest BCUT2D eigenvalue weighted by atomic mass is 79.9. The predicted octanol–water partition coefficient (Wildman–Crippen LogP) is 2.33. The second-order valence-electron chi connectivity index (χ2n) is 4.34. The van der Waals surface area contributed by atoms with Gasteiger partial charge in [-0.25, -0.2) is 10.4 Å². The summed E-state index contributed by atoms with van der Waals surface area (Å²) in [4.78, 5) is 15.6. The van der Waals surface area contributed by atoms with Crippen LogP contribution in [0.25, 0.3) is 0 Å². The molecule has 120 valence electrons. The first-order chi connectivity index (χ1) is 11.2. The van der Waals surface area contributed by atoms with Crippen LogP contribution in [0.15, 0.2) is 32.3 Å². The number of halogens is 1. The number of hydrogen-bond donors (Lipinski definition) is 1. The quantitative estimate of drug-likeness (QED) is 0.630. The Morgan fingerprint density at radius 2 is 2.26 bits per heavy atom. The molecule has 1 aliphatic rings. The third-order valence-corrected chi connectivity index (χ3v) is 3.51. The number of ether oxygens (including phenoxy) is 3. The molecule has 0 radical (unpaired) electrons. The summed E-state index contributed by atoms with van der Waals surface area (Å²) in [6, 6.07) is 3.52. The van der Waals surface area contributed by atoms with Gasteiger partial charge in [-0.05, 0) is 35.0 Å². The molecule has 2 heterocycles. The van der Waals surface area contributed by atoms with E-state index in [1.165, 1.54) is 12.4 Å². The average Bonchev–Trinajstić information content (AvgIpc) is 3.16. The van der Waals surface area contributed by atoms with E-state index in [2.05, 4.69) is 31.4 Å². The van der Waals surface area contributed by atoms with Crippen molar-refractivity contribution in [1.82, 2.24) is 10.4 Å². The number of hydrogen-bond acceptors (Lipinski definition) is 7. The number of oxazole rings is 1. The molecule has 1 aromatic heterocycles. The van der Waals surface area contributed by atoms with Gasteiger partial charge in [0.1, 0.15) is 6.20 Å². The van der Waals surface area contributed by atoms with Crippen molar-refractivity contribution in [2.24, 2.45) is 5.10 Å². The van der Waals surface area contributed by atoms with Crippen LogP contribution in [0.3, 0.4) is 0 Å². The summed E-state index contributed by atoms with van der Waals surface area (Å²) in [6.07, 6.45) is 2.80. The number of hydrazone groups is 1. The lowest BCUT2D eigenvalue weighted by molar-refractivity contribution is 0.0912. The molecule has 1 aliphatic heterocycles. The van der Waals surface area contributed by atoms with Gasteiger partial charge in [0.05, 0.1) is 12.8 Å². The van der Waals surface area contributed by atoms with Crippen LogP contribution in [0.1, 0.15) is 23.2 Å². The Labute approximate surface area is 139 Å². The molecule has 2 aromatic rings. The maximum Gasteiger partial charge on any atom is 0.327 e. The predicted molar refractivity (Wildman–Crippen MR) is 83.0 cm³/mol. The van der Waals surface area contributed by atoms with Crippen LogP contribution in [0.5, 0.6) is 17.4 Å². The average molecular weight is 382 g/mol. The molecule has 0 aliphatic carbocycles. The minimum Gasteiger partial charge on any atom is -0.464 e. The van der Waals surface area contributed by atoms with Crippen molar-refractivity contribution in [3.63, 3.8) is 0 Å². The standard InChI is InChI=1S/C14H12BrN3O5/c1-2-20-12-6-16-14(23-12)13(19)18-17-5-8-3-10-11(4-9(8)15)22-7-21-10/h3-6H,2,7H2,1H3,(H,18,19)/b17-5-. The first kappa shape index (κ1) is 15.3. The lowest BCUT2D eigenvalue weighted by atomic mass is 10.2. The van der Waals surface area contributed by atoms with Gasteiger partial charge in [-0.1, -0.05) is 0 Å². The third-order valence-electron chi connectivity index (χ3n) is 2.83. The Bertz CT molecular complexity index is 759. The molecule has 1 N–H and O–H groups in total. The Balaban J connectivity index is 1.65. The molecule has 1 amide bonds. The van der Waals surface area contributed by atoms with Crippen LogP contribution in [0.2, 0.25) is 0 Å². The summed E-state index contributed by atoms with van der Waals surface area (Å²) in [5, 5.41) is 3.87. The number of amides is 1. The molecule has 23 heavy (non-hydrogen) atoms. The van der Waals surface area contributed by atoms with Gasteiger partial charge in [0, 0.05) is 10.0 Å². The Morgan fingerprint density at radius 3 is 3.04 bits per heavy atom. The molecule has 0 saturated heterocycles. The van der Waals surface area contributed by atoms with Gasteiger partial charge in [0.15, 0.2) is 11.5 Å². The summed E-state index contributed by atoms with van der Waals surface area (Å²) in [5.41, 5.74) is 3.04. The maximum absolute atomic E-state index is 11.8. The fourth-order valence-corrected chi connectivity index (χ4v) is 2.24. The lowest BCUT2D eigenvalue weighted by Gasteiger charge is -2.01. The lowest BCUT2D eigenvalue weighted by Crippen LogP contribution is -2.17. The van der Waals surface area contributed by atoms with Crippen molar-refractivity contribution in [3.8, 4) is 17.4 Å². The van der Waals surface area contributed by atoms with Crippen LogP contribution >= 0.6 is 15.9 Å². The fraction of sp³-hybridized carbons (Fsp3) is 0.214. The van der Waals surface area contributed by atoms with Gasteiger partial charge in [-0.15, -0.1) is 0 Å². The molecular weight excluding hydrogens is 370 g/mol. The highest BCUT2D eigenvalue weighted by Crippen LogP contribution is 2.36. The summed E-state index contributed by atoms with van der Waals surface area (Å²) in [7, 11) is 0. The summed E-state index contributed by atoms with van der Waals surface area (Å²) in [5.74, 6) is 0.746. The Hall–Kier alpha value is -2.55. The number of carbonyl (C=O) groups is 1. The minimum atomic E-state index is -0.580. The Morgan fingerprint density at radius 1 is 1.48 bits per heavy atom. The van der Waals surface area contributed by atoms with Gasteiger partial charge in [0.2, 0.25) is 6.79 Å². The third kappa shape index (κ3) is 3.45. The van der Waals surface area contributed by atoms with E-state index in [-0.39, 0.29) is 18.6 Å². The molecule has 0 spiro atoms. The van der Waals surface area contributed by atoms with Crippen molar-refractivity contribution < 1.29 is 23.4 Å². The van der Waals surface area contributed by atoms with E-state index < -0.39 is 5.91 Å². The number of rotatable bonds is 5. The maximum atomic E-state index is 11.8. The minimum absolute atomic E-state index is 0.129. The number of fused-ring (bicyclic) bond motifs is 1. The molecule has 0 fully saturated rings. The van der Waals surface area contributed by atoms with E-state index in [1.807, 2.05) is 0 Å². The number of nitrogens with one attached hydrogen (secondary N) is 1. The highest BCUT2D eigenvalue weighted by Gasteiger charge is 2.16. The van der Waals surface area contributed by atoms with Crippen LogP contribution in [-0.4, -0.2) is 30.5 Å². The van der Waals surface area contributed by atoms with E-state index in [9.17, 15) is 4.79 Å². The molecule has 8 nitrogen and oxygen atoms in total. The molecular formula is C14H12BrN3O5. The second kappa shape index (κ2) is 6.69. The molecule has 0 unspecified atom stereocenters. The summed E-state index contributed by atoms with van der Waals surface area (Å²) < 4.78 is 21.5. The van der Waals surface area contributed by atoms with Crippen LogP contribution in [-0.2, 0) is 0 Å². The zero-order valence-electron chi connectivity index (χ0n) is 12.0. The van der Waals surface area contributed by atoms with Gasteiger partial charge >= 0.3 is 11.9 Å². The summed E-state index contributed by atoms with van der Waals surface area (Å²) >= 11 is 3.40. The number of aromatic nitrogens is 1.